The summed E-state index contributed by atoms with van der Waals surface area (Å²) >= 11 is 0. The summed E-state index contributed by atoms with van der Waals surface area (Å²) in [4.78, 5) is 16.5. The van der Waals surface area contributed by atoms with Crippen molar-refractivity contribution in [3.63, 3.8) is 0 Å². The quantitative estimate of drug-likeness (QED) is 0.696. The number of hydrogen-bond donors (Lipinski definition) is 1. The molecule has 1 N–H and O–H groups in total. The Hall–Kier alpha value is -2.62. The molecule has 4 heteroatoms. The second kappa shape index (κ2) is 7.97. The van der Waals surface area contributed by atoms with E-state index in [9.17, 15) is 4.79 Å². The van der Waals surface area contributed by atoms with Crippen LogP contribution in [-0.4, -0.2) is 17.4 Å². The minimum Gasteiger partial charge on any atom is -0.441 e. The predicted octanol–water partition coefficient (Wildman–Crippen LogP) is 4.38. The van der Waals surface area contributed by atoms with Crippen molar-refractivity contribution in [2.24, 2.45) is 0 Å². The monoisotopic (exact) mass is 336 g/mol. The number of oxazole rings is 1. The van der Waals surface area contributed by atoms with Gasteiger partial charge in [0, 0.05) is 19.4 Å². The first-order chi connectivity index (χ1) is 12.1. The molecule has 1 amide bonds. The highest BCUT2D eigenvalue weighted by molar-refractivity contribution is 5.76. The number of carbonyl (C=O) groups is 1. The van der Waals surface area contributed by atoms with Gasteiger partial charge in [-0.05, 0) is 42.5 Å². The average molecular weight is 336 g/mol. The van der Waals surface area contributed by atoms with Gasteiger partial charge in [-0.25, -0.2) is 4.98 Å². The summed E-state index contributed by atoms with van der Waals surface area (Å²) in [5.41, 5.74) is 4.10. The van der Waals surface area contributed by atoms with Gasteiger partial charge in [0.05, 0.1) is 0 Å². The molecule has 1 unspecified atom stereocenters. The Labute approximate surface area is 148 Å². The summed E-state index contributed by atoms with van der Waals surface area (Å²) in [5, 5.41) is 3.01. The van der Waals surface area contributed by atoms with Crippen molar-refractivity contribution < 1.29 is 9.21 Å². The number of nitrogens with zero attached hydrogens (tertiary/aromatic N) is 1. The second-order valence-electron chi connectivity index (χ2n) is 6.55. The van der Waals surface area contributed by atoms with Gasteiger partial charge in [-0.2, -0.15) is 0 Å². The molecule has 3 aromatic rings. The van der Waals surface area contributed by atoms with Crippen LogP contribution in [0.5, 0.6) is 0 Å². The molecule has 0 aliphatic rings. The minimum atomic E-state index is 0.0785. The number of carbonyl (C=O) groups excluding carboxylic acids is 1. The van der Waals surface area contributed by atoms with Crippen LogP contribution in [0.2, 0.25) is 0 Å². The Kier molecular flexibility index (Phi) is 5.49. The van der Waals surface area contributed by atoms with E-state index in [1.54, 1.807) is 0 Å². The Balaban J connectivity index is 1.42. The van der Waals surface area contributed by atoms with Crippen molar-refractivity contribution >= 4 is 17.0 Å². The molecule has 4 nitrogen and oxygen atoms in total. The van der Waals surface area contributed by atoms with Crippen molar-refractivity contribution in [1.82, 2.24) is 10.3 Å². The maximum atomic E-state index is 12.0. The van der Waals surface area contributed by atoms with Crippen LogP contribution in [0, 0.1) is 6.92 Å². The van der Waals surface area contributed by atoms with Crippen molar-refractivity contribution in [2.45, 2.75) is 39.0 Å². The maximum Gasteiger partial charge on any atom is 0.220 e. The van der Waals surface area contributed by atoms with E-state index in [-0.39, 0.29) is 5.91 Å². The predicted molar refractivity (Wildman–Crippen MR) is 99.6 cm³/mol. The van der Waals surface area contributed by atoms with E-state index in [2.05, 4.69) is 29.4 Å². The number of benzene rings is 2. The SMILES string of the molecule is Cc1ccc2oc(CCCC(=O)NCC(C)c3ccccc3)nc2c1. The summed E-state index contributed by atoms with van der Waals surface area (Å²) < 4.78 is 5.72. The zero-order valence-electron chi connectivity index (χ0n) is 14.8. The summed E-state index contributed by atoms with van der Waals surface area (Å²) in [6.45, 7) is 4.81. The Morgan fingerprint density at radius 3 is 2.80 bits per heavy atom. The van der Waals surface area contributed by atoms with Crippen LogP contribution in [0.4, 0.5) is 0 Å². The van der Waals surface area contributed by atoms with Crippen LogP contribution in [0.15, 0.2) is 52.9 Å². The number of aromatic nitrogens is 1. The highest BCUT2D eigenvalue weighted by atomic mass is 16.3. The Morgan fingerprint density at radius 1 is 1.20 bits per heavy atom. The summed E-state index contributed by atoms with van der Waals surface area (Å²) in [6.07, 6.45) is 1.89. The van der Waals surface area contributed by atoms with E-state index in [1.165, 1.54) is 11.1 Å². The number of hydrogen-bond acceptors (Lipinski definition) is 3. The van der Waals surface area contributed by atoms with Gasteiger partial charge in [-0.3, -0.25) is 4.79 Å². The van der Waals surface area contributed by atoms with Gasteiger partial charge in [-0.1, -0.05) is 43.3 Å². The van der Waals surface area contributed by atoms with Crippen LogP contribution in [0.25, 0.3) is 11.1 Å². The van der Waals surface area contributed by atoms with E-state index >= 15 is 0 Å². The Morgan fingerprint density at radius 2 is 2.00 bits per heavy atom. The summed E-state index contributed by atoms with van der Waals surface area (Å²) in [5.74, 6) is 1.09. The number of nitrogens with one attached hydrogen (secondary N) is 1. The molecule has 1 heterocycles. The fourth-order valence-corrected chi connectivity index (χ4v) is 2.85. The van der Waals surface area contributed by atoms with Crippen LogP contribution in [0.1, 0.15) is 42.7 Å². The molecule has 0 aliphatic heterocycles. The third-order valence-electron chi connectivity index (χ3n) is 4.36. The molecule has 0 fully saturated rings. The smallest absolute Gasteiger partial charge is 0.220 e. The van der Waals surface area contributed by atoms with Gasteiger partial charge in [-0.15, -0.1) is 0 Å². The van der Waals surface area contributed by atoms with Crippen LogP contribution in [-0.2, 0) is 11.2 Å². The zero-order valence-corrected chi connectivity index (χ0v) is 14.8. The minimum absolute atomic E-state index is 0.0785. The fraction of sp³-hybridized carbons (Fsp3) is 0.333. The van der Waals surface area contributed by atoms with E-state index in [4.69, 9.17) is 4.42 Å². The van der Waals surface area contributed by atoms with Crippen molar-refractivity contribution in [1.29, 1.82) is 0 Å². The van der Waals surface area contributed by atoms with Crippen molar-refractivity contribution in [3.05, 3.63) is 65.5 Å². The highest BCUT2D eigenvalue weighted by Gasteiger charge is 2.09. The molecule has 0 radical (unpaired) electrons. The first kappa shape index (κ1) is 17.2. The number of rotatable bonds is 7. The lowest BCUT2D eigenvalue weighted by atomic mass is 10.0. The van der Waals surface area contributed by atoms with E-state index in [0.29, 0.717) is 31.2 Å². The third kappa shape index (κ3) is 4.69. The number of aryl methyl sites for hydroxylation is 2. The molecule has 0 saturated heterocycles. The van der Waals surface area contributed by atoms with Crippen LogP contribution < -0.4 is 5.32 Å². The average Bonchev–Trinajstić information content (AvgIpc) is 3.02. The normalized spacial score (nSPS) is 12.2. The lowest BCUT2D eigenvalue weighted by molar-refractivity contribution is -0.121. The van der Waals surface area contributed by atoms with Crippen LogP contribution in [0.3, 0.4) is 0 Å². The lowest BCUT2D eigenvalue weighted by Gasteiger charge is -2.12. The number of amides is 1. The fourth-order valence-electron chi connectivity index (χ4n) is 2.85. The molecule has 2 aromatic carbocycles. The first-order valence-corrected chi connectivity index (χ1v) is 8.79. The molecule has 0 aliphatic carbocycles. The molecular weight excluding hydrogens is 312 g/mol. The van der Waals surface area contributed by atoms with Gasteiger partial charge in [0.1, 0.15) is 5.52 Å². The molecule has 25 heavy (non-hydrogen) atoms. The molecule has 0 saturated carbocycles. The van der Waals surface area contributed by atoms with Gasteiger partial charge >= 0.3 is 0 Å². The second-order valence-corrected chi connectivity index (χ2v) is 6.55. The van der Waals surface area contributed by atoms with E-state index in [0.717, 1.165) is 17.5 Å². The standard InChI is InChI=1S/C21H24N2O2/c1-15-11-12-19-18(13-15)23-21(25-19)10-6-9-20(24)22-14-16(2)17-7-4-3-5-8-17/h3-5,7-8,11-13,16H,6,9-10,14H2,1-2H3,(H,22,24). The lowest BCUT2D eigenvalue weighted by Crippen LogP contribution is -2.27. The maximum absolute atomic E-state index is 12.0. The van der Waals surface area contributed by atoms with E-state index < -0.39 is 0 Å². The number of fused-ring (bicyclic) bond motifs is 1. The molecular formula is C21H24N2O2. The van der Waals surface area contributed by atoms with Gasteiger partial charge in [0.15, 0.2) is 11.5 Å². The molecule has 0 bridgehead atoms. The summed E-state index contributed by atoms with van der Waals surface area (Å²) in [7, 11) is 0. The molecule has 1 aromatic heterocycles. The Bertz CT molecular complexity index is 839. The van der Waals surface area contributed by atoms with Gasteiger partial charge in [0.2, 0.25) is 5.91 Å². The topological polar surface area (TPSA) is 55.1 Å². The molecule has 1 atom stereocenters. The van der Waals surface area contributed by atoms with E-state index in [1.807, 2.05) is 43.3 Å². The van der Waals surface area contributed by atoms with Gasteiger partial charge < -0.3 is 9.73 Å². The highest BCUT2D eigenvalue weighted by Crippen LogP contribution is 2.18. The summed E-state index contributed by atoms with van der Waals surface area (Å²) in [6, 6.07) is 16.2. The van der Waals surface area contributed by atoms with Crippen molar-refractivity contribution in [3.8, 4) is 0 Å². The van der Waals surface area contributed by atoms with Crippen LogP contribution >= 0.6 is 0 Å². The largest absolute Gasteiger partial charge is 0.441 e. The molecule has 0 spiro atoms. The first-order valence-electron chi connectivity index (χ1n) is 8.79. The molecule has 130 valence electrons. The van der Waals surface area contributed by atoms with Gasteiger partial charge in [0.25, 0.3) is 0 Å². The third-order valence-corrected chi connectivity index (χ3v) is 4.36. The molecule has 3 rings (SSSR count). The van der Waals surface area contributed by atoms with Crippen molar-refractivity contribution in [2.75, 3.05) is 6.54 Å². The zero-order chi connectivity index (χ0) is 17.6.